The van der Waals surface area contributed by atoms with Crippen molar-refractivity contribution < 1.29 is 9.53 Å². The summed E-state index contributed by atoms with van der Waals surface area (Å²) in [6, 6.07) is 10.0. The lowest BCUT2D eigenvalue weighted by atomic mass is 10.2. The Labute approximate surface area is 135 Å². The maximum Gasteiger partial charge on any atom is 0.255 e. The summed E-state index contributed by atoms with van der Waals surface area (Å²) in [5, 5.41) is 3.72. The normalized spacial score (nSPS) is 10.2. The number of hydrogen-bond donors (Lipinski definition) is 1. The van der Waals surface area contributed by atoms with Crippen molar-refractivity contribution in [3.05, 3.63) is 56.5 Å². The average molecular weight is 375 g/mol. The summed E-state index contributed by atoms with van der Waals surface area (Å²) in [5.74, 6) is 0.238. The Morgan fingerprint density at radius 3 is 2.55 bits per heavy atom. The standard InChI is InChI=1S/C14H10BrCl2NO2/c1-20-13-7-9(3-5-11(13)16)18-14(19)8-2-4-10(15)12(17)6-8/h2-7H,1H3,(H,18,19). The largest absolute Gasteiger partial charge is 0.495 e. The molecule has 0 atom stereocenters. The molecule has 0 bridgehead atoms. The molecule has 0 aromatic heterocycles. The van der Waals surface area contributed by atoms with Gasteiger partial charge in [-0.1, -0.05) is 23.2 Å². The van der Waals surface area contributed by atoms with Gasteiger partial charge < -0.3 is 10.1 Å². The predicted molar refractivity (Wildman–Crippen MR) is 85.1 cm³/mol. The van der Waals surface area contributed by atoms with Gasteiger partial charge in [-0.3, -0.25) is 4.79 Å². The quantitative estimate of drug-likeness (QED) is 0.819. The van der Waals surface area contributed by atoms with Gasteiger partial charge in [0, 0.05) is 21.8 Å². The van der Waals surface area contributed by atoms with Gasteiger partial charge in [-0.2, -0.15) is 0 Å². The van der Waals surface area contributed by atoms with E-state index in [9.17, 15) is 4.79 Å². The summed E-state index contributed by atoms with van der Waals surface area (Å²) < 4.78 is 5.84. The van der Waals surface area contributed by atoms with E-state index in [-0.39, 0.29) is 5.91 Å². The summed E-state index contributed by atoms with van der Waals surface area (Å²) in [5.41, 5.74) is 1.06. The van der Waals surface area contributed by atoms with Crippen LogP contribution >= 0.6 is 39.1 Å². The Hall–Kier alpha value is -1.23. The summed E-state index contributed by atoms with van der Waals surface area (Å²) in [6.45, 7) is 0. The number of rotatable bonds is 3. The van der Waals surface area contributed by atoms with Crippen molar-refractivity contribution in [3.8, 4) is 5.75 Å². The van der Waals surface area contributed by atoms with Gasteiger partial charge >= 0.3 is 0 Å². The molecule has 104 valence electrons. The third-order valence-corrected chi connectivity index (χ3v) is 4.14. The molecule has 0 aliphatic heterocycles. The second-order valence-corrected chi connectivity index (χ2v) is 5.60. The number of anilines is 1. The third kappa shape index (κ3) is 3.45. The number of nitrogens with one attached hydrogen (secondary N) is 1. The lowest BCUT2D eigenvalue weighted by molar-refractivity contribution is 0.102. The van der Waals surface area contributed by atoms with E-state index in [0.717, 1.165) is 4.47 Å². The first-order valence-electron chi connectivity index (χ1n) is 5.61. The number of ether oxygens (including phenoxy) is 1. The van der Waals surface area contributed by atoms with Gasteiger partial charge in [0.25, 0.3) is 5.91 Å². The van der Waals surface area contributed by atoms with E-state index in [1.807, 2.05) is 0 Å². The monoisotopic (exact) mass is 373 g/mol. The van der Waals surface area contributed by atoms with Crippen LogP contribution in [-0.4, -0.2) is 13.0 Å². The zero-order valence-electron chi connectivity index (χ0n) is 10.4. The molecule has 2 rings (SSSR count). The van der Waals surface area contributed by atoms with Crippen LogP contribution in [0.25, 0.3) is 0 Å². The molecule has 0 aliphatic carbocycles. The number of amides is 1. The highest BCUT2D eigenvalue weighted by molar-refractivity contribution is 9.10. The second kappa shape index (κ2) is 6.48. The van der Waals surface area contributed by atoms with Gasteiger partial charge in [-0.15, -0.1) is 0 Å². The van der Waals surface area contributed by atoms with Crippen molar-refractivity contribution in [2.45, 2.75) is 0 Å². The molecule has 20 heavy (non-hydrogen) atoms. The predicted octanol–water partition coefficient (Wildman–Crippen LogP) is 5.02. The van der Waals surface area contributed by atoms with Crippen LogP contribution in [0, 0.1) is 0 Å². The van der Waals surface area contributed by atoms with E-state index in [0.29, 0.717) is 27.0 Å². The van der Waals surface area contributed by atoms with E-state index in [2.05, 4.69) is 21.2 Å². The zero-order chi connectivity index (χ0) is 14.7. The molecule has 0 heterocycles. The van der Waals surface area contributed by atoms with Crippen LogP contribution in [-0.2, 0) is 0 Å². The molecule has 0 radical (unpaired) electrons. The maximum absolute atomic E-state index is 12.1. The zero-order valence-corrected chi connectivity index (χ0v) is 13.5. The van der Waals surface area contributed by atoms with Crippen molar-refractivity contribution in [2.75, 3.05) is 12.4 Å². The lowest BCUT2D eigenvalue weighted by Gasteiger charge is -2.09. The van der Waals surface area contributed by atoms with Crippen molar-refractivity contribution in [1.29, 1.82) is 0 Å². The fourth-order valence-corrected chi connectivity index (χ4v) is 2.20. The Morgan fingerprint density at radius 2 is 1.90 bits per heavy atom. The van der Waals surface area contributed by atoms with Gasteiger partial charge in [0.15, 0.2) is 0 Å². The number of carbonyl (C=O) groups excluding carboxylic acids is 1. The number of carbonyl (C=O) groups is 1. The van der Waals surface area contributed by atoms with Gasteiger partial charge in [0.2, 0.25) is 0 Å². The average Bonchev–Trinajstić information content (AvgIpc) is 2.43. The Bertz CT molecular complexity index is 662. The van der Waals surface area contributed by atoms with Crippen molar-refractivity contribution in [1.82, 2.24) is 0 Å². The molecular weight excluding hydrogens is 365 g/mol. The number of benzene rings is 2. The molecule has 2 aromatic carbocycles. The third-order valence-electron chi connectivity index (χ3n) is 2.59. The second-order valence-electron chi connectivity index (χ2n) is 3.93. The summed E-state index contributed by atoms with van der Waals surface area (Å²) in [4.78, 5) is 12.1. The Kier molecular flexibility index (Phi) is 4.91. The SMILES string of the molecule is COc1cc(NC(=O)c2ccc(Br)c(Cl)c2)ccc1Cl. The van der Waals surface area contributed by atoms with Crippen LogP contribution in [0.4, 0.5) is 5.69 Å². The fraction of sp³-hybridized carbons (Fsp3) is 0.0714. The summed E-state index contributed by atoms with van der Waals surface area (Å²) in [6.07, 6.45) is 0. The van der Waals surface area contributed by atoms with Gasteiger partial charge in [0.1, 0.15) is 5.75 Å². The minimum atomic E-state index is -0.260. The summed E-state index contributed by atoms with van der Waals surface area (Å²) >= 11 is 15.2. The first-order chi connectivity index (χ1) is 9.51. The van der Waals surface area contributed by atoms with Crippen LogP contribution in [0.3, 0.4) is 0 Å². The fourth-order valence-electron chi connectivity index (χ4n) is 1.58. The Balaban J connectivity index is 2.21. The molecule has 0 saturated carbocycles. The molecule has 0 saturated heterocycles. The number of methoxy groups -OCH3 is 1. The molecule has 2 aromatic rings. The van der Waals surface area contributed by atoms with Crippen molar-refractivity contribution >= 4 is 50.7 Å². The molecule has 0 spiro atoms. The van der Waals surface area contributed by atoms with Gasteiger partial charge in [0.05, 0.1) is 17.2 Å². The smallest absolute Gasteiger partial charge is 0.255 e. The highest BCUT2D eigenvalue weighted by Gasteiger charge is 2.09. The van der Waals surface area contributed by atoms with Gasteiger partial charge in [-0.05, 0) is 46.3 Å². The molecule has 1 amide bonds. The van der Waals surface area contributed by atoms with E-state index in [4.69, 9.17) is 27.9 Å². The van der Waals surface area contributed by atoms with Crippen LogP contribution in [0.1, 0.15) is 10.4 Å². The topological polar surface area (TPSA) is 38.3 Å². The van der Waals surface area contributed by atoms with Crippen LogP contribution in [0.15, 0.2) is 40.9 Å². The number of hydrogen-bond acceptors (Lipinski definition) is 2. The molecule has 3 nitrogen and oxygen atoms in total. The first kappa shape index (κ1) is 15.2. The van der Waals surface area contributed by atoms with E-state index >= 15 is 0 Å². The number of halogens is 3. The molecule has 0 unspecified atom stereocenters. The first-order valence-corrected chi connectivity index (χ1v) is 7.16. The molecular formula is C14H10BrCl2NO2. The van der Waals surface area contributed by atoms with E-state index in [1.54, 1.807) is 36.4 Å². The summed E-state index contributed by atoms with van der Waals surface area (Å²) in [7, 11) is 1.52. The van der Waals surface area contributed by atoms with Crippen LogP contribution in [0.5, 0.6) is 5.75 Å². The maximum atomic E-state index is 12.1. The minimum Gasteiger partial charge on any atom is -0.495 e. The van der Waals surface area contributed by atoms with E-state index < -0.39 is 0 Å². The lowest BCUT2D eigenvalue weighted by Crippen LogP contribution is -2.11. The Morgan fingerprint density at radius 1 is 1.15 bits per heavy atom. The van der Waals surface area contributed by atoms with Crippen LogP contribution in [0.2, 0.25) is 10.0 Å². The highest BCUT2D eigenvalue weighted by atomic mass is 79.9. The molecule has 0 fully saturated rings. The van der Waals surface area contributed by atoms with E-state index in [1.165, 1.54) is 7.11 Å². The molecule has 0 aliphatic rings. The van der Waals surface area contributed by atoms with Crippen molar-refractivity contribution in [3.63, 3.8) is 0 Å². The van der Waals surface area contributed by atoms with Crippen LogP contribution < -0.4 is 10.1 Å². The van der Waals surface area contributed by atoms with Crippen molar-refractivity contribution in [2.24, 2.45) is 0 Å². The highest BCUT2D eigenvalue weighted by Crippen LogP contribution is 2.28. The van der Waals surface area contributed by atoms with Gasteiger partial charge in [-0.25, -0.2) is 0 Å². The molecule has 6 heteroatoms. The minimum absolute atomic E-state index is 0.260. The molecule has 1 N–H and O–H groups in total.